The molecule has 7 heteroatoms. The maximum absolute atomic E-state index is 12.7. The van der Waals surface area contributed by atoms with Gasteiger partial charge in [-0.2, -0.15) is 5.26 Å². The first-order chi connectivity index (χ1) is 12.5. The Hall–Kier alpha value is -2.46. The van der Waals surface area contributed by atoms with Crippen LogP contribution in [0.5, 0.6) is 0 Å². The standard InChI is InChI=1S/C19H24N4O3/c1-12(2)3-4-18(24)23-9-14-15(11-26-17(14)10-23)19(25)22-16-8-21-6-5-13(16)7-20/h5-6,8,12,14-15,17H,3-4,9-11H2,1-2H3,(H,22,25)/t14-,15+,17-/m0/s1. The number of pyridine rings is 1. The molecule has 2 aliphatic rings. The normalized spacial score (nSPS) is 24.4. The minimum Gasteiger partial charge on any atom is -0.375 e. The lowest BCUT2D eigenvalue weighted by Gasteiger charge is -2.20. The monoisotopic (exact) mass is 356 g/mol. The van der Waals surface area contributed by atoms with Crippen molar-refractivity contribution in [1.29, 1.82) is 5.26 Å². The van der Waals surface area contributed by atoms with Gasteiger partial charge in [-0.15, -0.1) is 0 Å². The third-order valence-corrected chi connectivity index (χ3v) is 5.14. The Balaban J connectivity index is 1.61. The van der Waals surface area contributed by atoms with E-state index in [-0.39, 0.29) is 29.8 Å². The quantitative estimate of drug-likeness (QED) is 0.868. The first-order valence-corrected chi connectivity index (χ1v) is 9.04. The van der Waals surface area contributed by atoms with Crippen LogP contribution in [0.4, 0.5) is 5.69 Å². The van der Waals surface area contributed by atoms with Crippen LogP contribution in [0.3, 0.4) is 0 Å². The molecule has 1 aromatic rings. The van der Waals surface area contributed by atoms with Crippen molar-refractivity contribution in [2.75, 3.05) is 25.0 Å². The van der Waals surface area contributed by atoms with Crippen LogP contribution in [-0.2, 0) is 14.3 Å². The van der Waals surface area contributed by atoms with Crippen molar-refractivity contribution in [2.45, 2.75) is 32.8 Å². The van der Waals surface area contributed by atoms with E-state index in [4.69, 9.17) is 10.00 Å². The molecule has 138 valence electrons. The number of hydrogen-bond acceptors (Lipinski definition) is 5. The molecular weight excluding hydrogens is 332 g/mol. The van der Waals surface area contributed by atoms with Gasteiger partial charge in [0.1, 0.15) is 6.07 Å². The van der Waals surface area contributed by atoms with E-state index in [1.54, 1.807) is 6.07 Å². The molecule has 26 heavy (non-hydrogen) atoms. The van der Waals surface area contributed by atoms with Gasteiger partial charge in [0.2, 0.25) is 11.8 Å². The van der Waals surface area contributed by atoms with Gasteiger partial charge in [0, 0.05) is 31.6 Å². The fourth-order valence-electron chi connectivity index (χ4n) is 3.57. The van der Waals surface area contributed by atoms with Crippen LogP contribution >= 0.6 is 0 Å². The number of carbonyl (C=O) groups excluding carboxylic acids is 2. The SMILES string of the molecule is CC(C)CCC(=O)N1C[C@@H]2[C@H](C1)OC[C@H]2C(=O)Nc1cnccc1C#N. The van der Waals surface area contributed by atoms with Gasteiger partial charge in [0.15, 0.2) is 0 Å². The Morgan fingerprint density at radius 2 is 2.27 bits per heavy atom. The third kappa shape index (κ3) is 3.86. The maximum atomic E-state index is 12.7. The molecule has 0 aromatic carbocycles. The van der Waals surface area contributed by atoms with Crippen LogP contribution in [0.25, 0.3) is 0 Å². The van der Waals surface area contributed by atoms with Crippen molar-refractivity contribution in [3.8, 4) is 6.07 Å². The summed E-state index contributed by atoms with van der Waals surface area (Å²) < 4.78 is 5.78. The van der Waals surface area contributed by atoms with Gasteiger partial charge in [-0.05, 0) is 18.4 Å². The van der Waals surface area contributed by atoms with E-state index >= 15 is 0 Å². The summed E-state index contributed by atoms with van der Waals surface area (Å²) in [4.78, 5) is 30.8. The molecule has 2 saturated heterocycles. The van der Waals surface area contributed by atoms with Crippen LogP contribution in [0, 0.1) is 29.1 Å². The second kappa shape index (κ2) is 7.83. The summed E-state index contributed by atoms with van der Waals surface area (Å²) in [5.41, 5.74) is 0.784. The highest BCUT2D eigenvalue weighted by Gasteiger charge is 2.47. The van der Waals surface area contributed by atoms with Crippen molar-refractivity contribution >= 4 is 17.5 Å². The number of carbonyl (C=O) groups is 2. The molecule has 1 N–H and O–H groups in total. The Kier molecular flexibility index (Phi) is 5.52. The second-order valence-electron chi connectivity index (χ2n) is 7.40. The Morgan fingerprint density at radius 3 is 3.00 bits per heavy atom. The summed E-state index contributed by atoms with van der Waals surface area (Å²) in [5, 5.41) is 11.9. The summed E-state index contributed by atoms with van der Waals surface area (Å²) in [6.07, 6.45) is 4.31. The molecule has 2 amide bonds. The number of nitrogens with one attached hydrogen (secondary N) is 1. The average Bonchev–Trinajstić information content (AvgIpc) is 3.20. The molecule has 0 saturated carbocycles. The summed E-state index contributed by atoms with van der Waals surface area (Å²) in [6, 6.07) is 3.61. The molecule has 0 radical (unpaired) electrons. The number of anilines is 1. The fourth-order valence-corrected chi connectivity index (χ4v) is 3.57. The Bertz CT molecular complexity index is 728. The van der Waals surface area contributed by atoms with Gasteiger partial charge in [-0.25, -0.2) is 0 Å². The Morgan fingerprint density at radius 1 is 1.46 bits per heavy atom. The van der Waals surface area contributed by atoms with Crippen molar-refractivity contribution in [3.63, 3.8) is 0 Å². The molecule has 3 rings (SSSR count). The lowest BCUT2D eigenvalue weighted by molar-refractivity contribution is -0.132. The summed E-state index contributed by atoms with van der Waals surface area (Å²) >= 11 is 0. The molecule has 3 heterocycles. The zero-order valence-electron chi connectivity index (χ0n) is 15.1. The molecule has 7 nitrogen and oxygen atoms in total. The number of likely N-dealkylation sites (tertiary alicyclic amines) is 1. The van der Waals surface area contributed by atoms with Crippen molar-refractivity contribution in [2.24, 2.45) is 17.8 Å². The first-order valence-electron chi connectivity index (χ1n) is 9.04. The number of amides is 2. The lowest BCUT2D eigenvalue weighted by atomic mass is 9.92. The summed E-state index contributed by atoms with van der Waals surface area (Å²) in [5.74, 6) is 0.118. The van der Waals surface area contributed by atoms with E-state index in [0.29, 0.717) is 43.3 Å². The minimum absolute atomic E-state index is 0.000192. The number of ether oxygens (including phenoxy) is 1. The Labute approximate surface area is 153 Å². The third-order valence-electron chi connectivity index (χ3n) is 5.14. The molecule has 0 bridgehead atoms. The van der Waals surface area contributed by atoms with Gasteiger partial charge < -0.3 is 15.0 Å². The van der Waals surface area contributed by atoms with Crippen LogP contribution in [0.1, 0.15) is 32.3 Å². The highest BCUT2D eigenvalue weighted by atomic mass is 16.5. The predicted octanol–water partition coefficient (Wildman–Crippen LogP) is 1.80. The number of aromatic nitrogens is 1. The van der Waals surface area contributed by atoms with Gasteiger partial charge in [0.05, 0.1) is 36.1 Å². The predicted molar refractivity (Wildman–Crippen MR) is 95.0 cm³/mol. The first kappa shape index (κ1) is 18.3. The molecular formula is C19H24N4O3. The van der Waals surface area contributed by atoms with E-state index in [2.05, 4.69) is 24.1 Å². The van der Waals surface area contributed by atoms with Crippen LogP contribution < -0.4 is 5.32 Å². The van der Waals surface area contributed by atoms with Crippen LogP contribution in [0.15, 0.2) is 18.5 Å². The van der Waals surface area contributed by atoms with Crippen LogP contribution in [-0.4, -0.2) is 47.5 Å². The topological polar surface area (TPSA) is 95.3 Å². The highest BCUT2D eigenvalue weighted by molar-refractivity contribution is 5.94. The fraction of sp³-hybridized carbons (Fsp3) is 0.579. The molecule has 0 aliphatic carbocycles. The van der Waals surface area contributed by atoms with E-state index < -0.39 is 0 Å². The smallest absolute Gasteiger partial charge is 0.230 e. The molecule has 1 aromatic heterocycles. The molecule has 3 atom stereocenters. The largest absolute Gasteiger partial charge is 0.375 e. The van der Waals surface area contributed by atoms with Gasteiger partial charge in [-0.3, -0.25) is 14.6 Å². The zero-order valence-corrected chi connectivity index (χ0v) is 15.1. The molecule has 2 aliphatic heterocycles. The van der Waals surface area contributed by atoms with Gasteiger partial charge in [-0.1, -0.05) is 13.8 Å². The minimum atomic E-state index is -0.324. The maximum Gasteiger partial charge on any atom is 0.230 e. The second-order valence-corrected chi connectivity index (χ2v) is 7.40. The number of rotatable bonds is 5. The average molecular weight is 356 g/mol. The van der Waals surface area contributed by atoms with Crippen LogP contribution in [0.2, 0.25) is 0 Å². The van der Waals surface area contributed by atoms with Gasteiger partial charge in [0.25, 0.3) is 0 Å². The van der Waals surface area contributed by atoms with E-state index in [9.17, 15) is 9.59 Å². The lowest BCUT2D eigenvalue weighted by Crippen LogP contribution is -2.34. The highest BCUT2D eigenvalue weighted by Crippen LogP contribution is 2.35. The van der Waals surface area contributed by atoms with Crippen molar-refractivity contribution in [3.05, 3.63) is 24.0 Å². The molecule has 0 spiro atoms. The van der Waals surface area contributed by atoms with Crippen molar-refractivity contribution in [1.82, 2.24) is 9.88 Å². The van der Waals surface area contributed by atoms with E-state index in [0.717, 1.165) is 6.42 Å². The number of nitriles is 1. The molecule has 2 fully saturated rings. The molecule has 0 unspecified atom stereocenters. The van der Waals surface area contributed by atoms with Crippen molar-refractivity contribution < 1.29 is 14.3 Å². The van der Waals surface area contributed by atoms with E-state index in [1.165, 1.54) is 12.4 Å². The number of nitrogens with zero attached hydrogens (tertiary/aromatic N) is 3. The summed E-state index contributed by atoms with van der Waals surface area (Å²) in [7, 11) is 0. The summed E-state index contributed by atoms with van der Waals surface area (Å²) in [6.45, 7) is 5.66. The zero-order chi connectivity index (χ0) is 18.7. The van der Waals surface area contributed by atoms with E-state index in [1.807, 2.05) is 11.0 Å². The number of fused-ring (bicyclic) bond motifs is 1. The van der Waals surface area contributed by atoms with Gasteiger partial charge >= 0.3 is 0 Å². The number of hydrogen-bond donors (Lipinski definition) is 1.